The number of aromatic nitrogens is 3. The Hall–Kier alpha value is -13.3. The Labute approximate surface area is 868 Å². The predicted octanol–water partition coefficient (Wildman–Crippen LogP) is 4.73. The Bertz CT molecular complexity index is 5800. The van der Waals surface area contributed by atoms with Gasteiger partial charge in [0.25, 0.3) is 0 Å². The van der Waals surface area contributed by atoms with Gasteiger partial charge in [-0.15, -0.1) is 0 Å². The van der Waals surface area contributed by atoms with Crippen molar-refractivity contribution in [1.29, 1.82) is 0 Å². The predicted molar refractivity (Wildman–Crippen MR) is 572 cm³/mol. The molecule has 0 unspecified atom stereocenters. The maximum Gasteiger partial charge on any atom is 0.416 e. The number of amides is 8. The Morgan fingerprint density at radius 1 is 0.322 bits per heavy atom. The van der Waals surface area contributed by atoms with Gasteiger partial charge in [-0.1, -0.05) is 198 Å². The summed E-state index contributed by atoms with van der Waals surface area (Å²) in [5.74, 6) is -3.55. The van der Waals surface area contributed by atoms with Gasteiger partial charge in [-0.3, -0.25) is 77.9 Å². The van der Waals surface area contributed by atoms with Gasteiger partial charge in [0.05, 0.1) is 96.1 Å². The van der Waals surface area contributed by atoms with Crippen molar-refractivity contribution in [2.24, 2.45) is 80.6 Å². The first-order chi connectivity index (χ1) is 71.7. The molecule has 8 atom stereocenters. The summed E-state index contributed by atoms with van der Waals surface area (Å²) in [4.78, 5) is 173. The number of Topliss-reactive ketones (excluding diaryl/α,β-unsaturated/α-hetero) is 4. The molecule has 3 heterocycles. The molecule has 0 saturated heterocycles. The molecule has 0 radical (unpaired) electrons. The highest BCUT2D eigenvalue weighted by atomic mass is 19.4. The average molecular weight is 2060 g/mol. The Morgan fingerprint density at radius 2 is 0.638 bits per heavy atom. The summed E-state index contributed by atoms with van der Waals surface area (Å²) in [7, 11) is 0. The molecule has 2 saturated carbocycles. The minimum Gasteiger partial charge on any atom is -0.345 e. The Balaban J connectivity index is 0.000000221. The van der Waals surface area contributed by atoms with E-state index in [2.05, 4.69) is 41.6 Å². The van der Waals surface area contributed by atoms with Crippen LogP contribution in [0.5, 0.6) is 0 Å². The molecule has 802 valence electrons. The molecule has 7 aromatic carbocycles. The van der Waals surface area contributed by atoms with Crippen LogP contribution in [0.3, 0.4) is 0 Å². The number of nitrogens with one attached hydrogen (secondary N) is 5. The molecule has 10 aromatic rings. The minimum absolute atomic E-state index is 0.0522. The number of carbonyl (C=O) groups is 12. The molecule has 39 heteroatoms. The van der Waals surface area contributed by atoms with Crippen molar-refractivity contribution < 1.29 is 70.7 Å². The number of fused-ring (bicyclic) bond motifs is 4. The molecule has 2 fully saturated rings. The summed E-state index contributed by atoms with van der Waals surface area (Å²) in [5, 5.41) is 17.6. The van der Waals surface area contributed by atoms with E-state index in [0.29, 0.717) is 121 Å². The lowest BCUT2D eigenvalue weighted by molar-refractivity contribution is -0.138. The zero-order valence-corrected chi connectivity index (χ0v) is 84.9. The minimum atomic E-state index is -4.51. The summed E-state index contributed by atoms with van der Waals surface area (Å²) in [6.07, 6.45) is 12.7. The van der Waals surface area contributed by atoms with Crippen molar-refractivity contribution in [2.75, 3.05) is 105 Å². The van der Waals surface area contributed by atoms with E-state index in [9.17, 15) is 70.7 Å². The highest BCUT2D eigenvalue weighted by Crippen LogP contribution is 2.33. The summed E-state index contributed by atoms with van der Waals surface area (Å²) in [6.45, 7) is 5.11. The van der Waals surface area contributed by atoms with Gasteiger partial charge in [0.2, 0.25) is 47.3 Å². The van der Waals surface area contributed by atoms with Crippen molar-refractivity contribution in [3.05, 3.63) is 246 Å². The first kappa shape index (κ1) is 119. The van der Waals surface area contributed by atoms with Gasteiger partial charge >= 0.3 is 6.18 Å². The fraction of sp³-hybridized carbons (Fsp3) is 0.445. The zero-order chi connectivity index (χ0) is 108. The van der Waals surface area contributed by atoms with Gasteiger partial charge in [-0.2, -0.15) is 13.2 Å². The van der Waals surface area contributed by atoms with Crippen LogP contribution >= 0.6 is 0 Å². The van der Waals surface area contributed by atoms with Crippen LogP contribution in [0.1, 0.15) is 142 Å². The fourth-order valence-corrected chi connectivity index (χ4v) is 18.2. The Kier molecular flexibility index (Phi) is 50.4. The topological polar surface area (TPSA) is 629 Å². The van der Waals surface area contributed by atoms with E-state index in [1.165, 1.54) is 44.7 Å². The number of pyridine rings is 3. The Morgan fingerprint density at radius 3 is 1.04 bits per heavy atom. The largest absolute Gasteiger partial charge is 0.416 e. The van der Waals surface area contributed by atoms with Gasteiger partial charge in [-0.05, 0) is 136 Å². The SMILES string of the molecule is NCCN(CCN)C(=O)C[C@H](N)C(=O)N[C@@H](CC1CCCCC1)C(=O)Cc1ccc2ncccc2c1.NCCN(CCN)C(=O)C[C@H](N)C(=O)N[C@@H](CC1CCCCC1)C(=O)Cc1cnc2ccccc2c1.NCCN(CCN)C(=O)C[C@H](N)C(=O)N[C@@H](Cc1ccccc1)C(=O)Cc1ccc2ccccc2c1.NCCN(CCN)NC(=O)C[C@H](N)C(=O)N[C@@H](Cc1ccc(C(F)(F)F)cc1)C(=O)Cc1cnc2ccccc2c1. The van der Waals surface area contributed by atoms with Crippen LogP contribution in [0.25, 0.3) is 43.5 Å². The average Bonchev–Trinajstić information content (AvgIpc) is 0.838. The summed E-state index contributed by atoms with van der Waals surface area (Å²) < 4.78 is 39.0. The lowest BCUT2D eigenvalue weighted by Gasteiger charge is -2.28. The van der Waals surface area contributed by atoms with Crippen LogP contribution in [0.15, 0.2) is 207 Å². The number of benzene rings is 7. The smallest absolute Gasteiger partial charge is 0.345 e. The first-order valence-electron chi connectivity index (χ1n) is 51.2. The van der Waals surface area contributed by atoms with Gasteiger partial charge in [0.1, 0.15) is 0 Å². The second kappa shape index (κ2) is 62.9. The first-order valence-corrected chi connectivity index (χ1v) is 51.2. The van der Waals surface area contributed by atoms with Crippen LogP contribution in [0, 0.1) is 11.8 Å². The highest BCUT2D eigenvalue weighted by Gasteiger charge is 2.36. The van der Waals surface area contributed by atoms with Crippen LogP contribution in [-0.2, 0) is 102 Å². The van der Waals surface area contributed by atoms with Gasteiger partial charge in [-0.25, -0.2) is 5.01 Å². The van der Waals surface area contributed by atoms with Crippen molar-refractivity contribution in [1.82, 2.24) is 61.4 Å². The van der Waals surface area contributed by atoms with E-state index in [0.717, 1.165) is 129 Å². The van der Waals surface area contributed by atoms with Crippen molar-refractivity contribution in [3.63, 3.8) is 0 Å². The van der Waals surface area contributed by atoms with E-state index in [-0.39, 0.29) is 119 Å². The molecule has 149 heavy (non-hydrogen) atoms. The summed E-state index contributed by atoms with van der Waals surface area (Å²) in [5.41, 5.74) is 77.5. The molecule has 36 nitrogen and oxygen atoms in total. The normalized spacial score (nSPS) is 14.3. The molecule has 0 spiro atoms. The van der Waals surface area contributed by atoms with Crippen LogP contribution in [0.2, 0.25) is 0 Å². The zero-order valence-electron chi connectivity index (χ0n) is 84.9. The molecular weight excluding hydrogens is 1910 g/mol. The number of para-hydroxylation sites is 2. The summed E-state index contributed by atoms with van der Waals surface area (Å²) >= 11 is 0. The standard InChI is InChI=1S/C28H34F3N7O3.C28H35N5O3.2C27H40N6O3/c29-28(30,31)21-7-5-18(6-8-21)14-24(25(39)15-19-13-20-3-1-2-4-23(20)35-17-19)36-27(41)22(34)16-26(40)37-38(11-9-32)12-10-33;29-12-14-33(15-13-30)27(35)19-24(31)28(36)32-25(17-20-6-2-1-3-7-20)26(34)18-21-10-11-22-8-4-5-9-23(22)16-21;28-10-12-33(13-11-29)26(35)17-22(30)27(36)32-24(15-19-6-2-1-3-7-19)25(34)16-20-14-21-8-4-5-9-23(21)31-18-20;28-10-13-33(14-11-29)26(35)18-22(30)27(36)32-24(16-19-5-2-1-3-6-19)25(34)17-20-8-9-23-21(15-20)7-4-12-31-23/h1-8,13,17,22,24H,9-12,14-16,32-34H2,(H,36,41)(H,37,40);1-11,16,24-25H,12-15,17-19,29-31H2,(H,32,36);4-5,8-9,14,18-19,22,24H,1-3,6-7,10-13,15-17,28-30H2,(H,32,36);4,7-9,12,15,19,22,24H,1-3,5-6,10-11,13-14,16-18,28-30H2,(H,32,36)/t22-,24-;24-,25-;2*22-,24-/m0000/s1. The number of hydrogen-bond donors (Lipinski definition) is 17. The molecule has 3 aromatic heterocycles. The number of nitrogens with zero attached hydrogens (tertiary/aromatic N) is 7. The number of alkyl halides is 3. The second-order valence-corrected chi connectivity index (χ2v) is 37.9. The van der Waals surface area contributed by atoms with E-state index in [1.54, 1.807) is 18.6 Å². The number of halogens is 3. The lowest BCUT2D eigenvalue weighted by Crippen LogP contribution is -2.53. The third-order valence-corrected chi connectivity index (χ3v) is 26.2. The second-order valence-electron chi connectivity index (χ2n) is 37.9. The molecule has 29 N–H and O–H groups in total. The lowest BCUT2D eigenvalue weighted by atomic mass is 9.83. The van der Waals surface area contributed by atoms with Gasteiger partial charge in [0, 0.05) is 165 Å². The van der Waals surface area contributed by atoms with E-state index in [1.807, 2.05) is 164 Å². The fourth-order valence-electron chi connectivity index (χ4n) is 18.2. The molecule has 0 bridgehead atoms. The number of carbonyl (C=O) groups excluding carboxylic acids is 12. The van der Waals surface area contributed by atoms with Crippen molar-refractivity contribution in [2.45, 2.75) is 196 Å². The number of hydrogen-bond acceptors (Lipinski definition) is 28. The number of hydrazine groups is 1. The van der Waals surface area contributed by atoms with Crippen LogP contribution in [0.4, 0.5) is 13.2 Å². The highest BCUT2D eigenvalue weighted by molar-refractivity contribution is 5.99. The van der Waals surface area contributed by atoms with Crippen LogP contribution < -0.4 is 95.5 Å². The maximum absolute atomic E-state index is 13.4. The van der Waals surface area contributed by atoms with E-state index in [4.69, 9.17) is 68.8 Å². The van der Waals surface area contributed by atoms with Gasteiger partial charge < -0.3 is 105 Å². The van der Waals surface area contributed by atoms with Crippen molar-refractivity contribution >= 4 is 114 Å². The molecule has 0 aliphatic heterocycles. The molecule has 2 aliphatic rings. The quantitative estimate of drug-likeness (QED) is 0.0229. The number of ketones is 4. The summed E-state index contributed by atoms with van der Waals surface area (Å²) in [6, 6.07) is 48.5. The van der Waals surface area contributed by atoms with E-state index < -0.39 is 95.4 Å². The van der Waals surface area contributed by atoms with E-state index >= 15 is 0 Å². The van der Waals surface area contributed by atoms with Gasteiger partial charge in [0.15, 0.2) is 23.1 Å². The maximum atomic E-state index is 13.4. The molecular formula is C110H149F3N24O12. The number of rotatable bonds is 53. The third kappa shape index (κ3) is 40.3. The monoisotopic (exact) mass is 2060 g/mol. The number of nitrogens with two attached hydrogens (primary N) is 12. The molecule has 12 rings (SSSR count). The van der Waals surface area contributed by atoms with Crippen LogP contribution in [-0.4, -0.2) is 258 Å². The van der Waals surface area contributed by atoms with Crippen molar-refractivity contribution in [3.8, 4) is 0 Å². The molecule has 2 aliphatic carbocycles. The third-order valence-electron chi connectivity index (χ3n) is 26.2. The molecule has 8 amide bonds.